The van der Waals surface area contributed by atoms with Crippen LogP contribution in [0.4, 0.5) is 5.69 Å². The second-order valence-corrected chi connectivity index (χ2v) is 7.09. The Morgan fingerprint density at radius 3 is 2.50 bits per heavy atom. The molecular formula is C16H13N3O4S. The first kappa shape index (κ1) is 15.9. The van der Waals surface area contributed by atoms with Crippen LogP contribution in [0.3, 0.4) is 0 Å². The topological polar surface area (TPSA) is 102 Å². The number of hydrogen-bond donors (Lipinski definition) is 1. The summed E-state index contributed by atoms with van der Waals surface area (Å²) in [5.41, 5.74) is 1.52. The third-order valence-corrected chi connectivity index (χ3v) is 4.38. The number of anilines is 1. The summed E-state index contributed by atoms with van der Waals surface area (Å²) in [5, 5.41) is 10.1. The fourth-order valence-electron chi connectivity index (χ4n) is 2.07. The Bertz CT molecular complexity index is 965. The van der Waals surface area contributed by atoms with Crippen molar-refractivity contribution in [3.63, 3.8) is 0 Å². The van der Waals surface area contributed by atoms with Gasteiger partial charge >= 0.3 is 0 Å². The molecule has 8 heteroatoms. The third kappa shape index (κ3) is 3.49. The Labute approximate surface area is 138 Å². The number of aromatic nitrogens is 2. The van der Waals surface area contributed by atoms with E-state index in [0.29, 0.717) is 22.7 Å². The van der Waals surface area contributed by atoms with Gasteiger partial charge in [0.05, 0.1) is 4.90 Å². The van der Waals surface area contributed by atoms with E-state index >= 15 is 0 Å². The van der Waals surface area contributed by atoms with E-state index in [9.17, 15) is 13.2 Å². The van der Waals surface area contributed by atoms with Gasteiger partial charge in [-0.3, -0.25) is 4.79 Å². The predicted molar refractivity (Wildman–Crippen MR) is 87.2 cm³/mol. The molecule has 24 heavy (non-hydrogen) atoms. The van der Waals surface area contributed by atoms with Crippen molar-refractivity contribution >= 4 is 21.4 Å². The molecule has 0 fully saturated rings. The van der Waals surface area contributed by atoms with Crippen molar-refractivity contribution in [2.75, 3.05) is 11.6 Å². The molecule has 0 saturated heterocycles. The van der Waals surface area contributed by atoms with Gasteiger partial charge in [-0.05, 0) is 42.5 Å². The van der Waals surface area contributed by atoms with Gasteiger partial charge in [0, 0.05) is 23.1 Å². The van der Waals surface area contributed by atoms with Gasteiger partial charge in [-0.1, -0.05) is 6.07 Å². The Balaban J connectivity index is 1.78. The highest BCUT2D eigenvalue weighted by molar-refractivity contribution is 7.90. The molecule has 0 bridgehead atoms. The van der Waals surface area contributed by atoms with E-state index in [1.165, 1.54) is 18.5 Å². The maximum atomic E-state index is 12.3. The quantitative estimate of drug-likeness (QED) is 0.780. The van der Waals surface area contributed by atoms with Crippen molar-refractivity contribution in [1.82, 2.24) is 10.2 Å². The van der Waals surface area contributed by atoms with Crippen LogP contribution < -0.4 is 5.32 Å². The molecule has 0 aliphatic carbocycles. The Morgan fingerprint density at radius 1 is 1.12 bits per heavy atom. The van der Waals surface area contributed by atoms with Crippen LogP contribution in [-0.2, 0) is 9.84 Å². The van der Waals surface area contributed by atoms with Crippen LogP contribution in [0.2, 0.25) is 0 Å². The molecule has 1 N–H and O–H groups in total. The monoisotopic (exact) mass is 343 g/mol. The minimum Gasteiger partial charge on any atom is -0.423 e. The molecule has 3 aromatic rings. The second-order valence-electron chi connectivity index (χ2n) is 5.08. The number of carbonyl (C=O) groups is 1. The van der Waals surface area contributed by atoms with E-state index in [1.54, 1.807) is 36.4 Å². The van der Waals surface area contributed by atoms with Gasteiger partial charge < -0.3 is 9.73 Å². The summed E-state index contributed by atoms with van der Waals surface area (Å²) in [4.78, 5) is 12.4. The first-order valence-electron chi connectivity index (χ1n) is 6.91. The molecule has 1 heterocycles. The molecule has 0 aliphatic rings. The van der Waals surface area contributed by atoms with Crippen molar-refractivity contribution in [3.8, 4) is 11.5 Å². The number of hydrogen-bond acceptors (Lipinski definition) is 6. The van der Waals surface area contributed by atoms with Gasteiger partial charge in [-0.2, -0.15) is 0 Å². The SMILES string of the molecule is CS(=O)(=O)c1cccc(NC(=O)c2ccc(-c3nnco3)cc2)c1. The van der Waals surface area contributed by atoms with Crippen molar-refractivity contribution < 1.29 is 17.6 Å². The summed E-state index contributed by atoms with van der Waals surface area (Å²) in [6, 6.07) is 12.7. The fourth-order valence-corrected chi connectivity index (χ4v) is 2.74. The van der Waals surface area contributed by atoms with Crippen LogP contribution in [0, 0.1) is 0 Å². The number of amides is 1. The van der Waals surface area contributed by atoms with Gasteiger partial charge in [0.2, 0.25) is 12.3 Å². The molecule has 3 rings (SSSR count). The zero-order chi connectivity index (χ0) is 17.2. The van der Waals surface area contributed by atoms with Crippen molar-refractivity contribution in [2.24, 2.45) is 0 Å². The minimum absolute atomic E-state index is 0.145. The normalized spacial score (nSPS) is 11.2. The molecule has 1 aromatic heterocycles. The molecular weight excluding hydrogens is 330 g/mol. The van der Waals surface area contributed by atoms with Crippen LogP contribution in [0.25, 0.3) is 11.5 Å². The van der Waals surface area contributed by atoms with Crippen molar-refractivity contribution in [1.29, 1.82) is 0 Å². The van der Waals surface area contributed by atoms with Crippen molar-refractivity contribution in [3.05, 3.63) is 60.5 Å². The highest BCUT2D eigenvalue weighted by atomic mass is 32.2. The van der Waals surface area contributed by atoms with Crippen molar-refractivity contribution in [2.45, 2.75) is 4.90 Å². The first-order chi connectivity index (χ1) is 11.4. The number of sulfone groups is 1. The van der Waals surface area contributed by atoms with Gasteiger partial charge in [-0.25, -0.2) is 8.42 Å². The summed E-state index contributed by atoms with van der Waals surface area (Å²) >= 11 is 0. The van der Waals surface area contributed by atoms with E-state index in [2.05, 4.69) is 15.5 Å². The molecule has 0 atom stereocenters. The van der Waals surface area contributed by atoms with E-state index in [0.717, 1.165) is 6.26 Å². The molecule has 0 spiro atoms. The summed E-state index contributed by atoms with van der Waals surface area (Å²) in [5.74, 6) is 0.0144. The molecule has 122 valence electrons. The summed E-state index contributed by atoms with van der Waals surface area (Å²) in [6.07, 6.45) is 2.34. The Hall–Kier alpha value is -3.00. The van der Waals surface area contributed by atoms with Gasteiger partial charge in [0.15, 0.2) is 9.84 Å². The molecule has 1 amide bonds. The zero-order valence-electron chi connectivity index (χ0n) is 12.6. The number of rotatable bonds is 4. The molecule has 0 unspecified atom stereocenters. The summed E-state index contributed by atoms with van der Waals surface area (Å²) in [6.45, 7) is 0. The lowest BCUT2D eigenvalue weighted by molar-refractivity contribution is 0.102. The zero-order valence-corrected chi connectivity index (χ0v) is 13.4. The lowest BCUT2D eigenvalue weighted by Crippen LogP contribution is -2.12. The van der Waals surface area contributed by atoms with E-state index in [4.69, 9.17) is 4.42 Å². The average Bonchev–Trinajstić information content (AvgIpc) is 3.09. The molecule has 7 nitrogen and oxygen atoms in total. The van der Waals surface area contributed by atoms with E-state index in [-0.39, 0.29) is 10.8 Å². The molecule has 0 aliphatic heterocycles. The van der Waals surface area contributed by atoms with Crippen LogP contribution in [0.1, 0.15) is 10.4 Å². The van der Waals surface area contributed by atoms with Gasteiger partial charge in [0.25, 0.3) is 5.91 Å². The van der Waals surface area contributed by atoms with Crippen LogP contribution in [-0.4, -0.2) is 30.8 Å². The number of benzene rings is 2. The van der Waals surface area contributed by atoms with E-state index < -0.39 is 9.84 Å². The highest BCUT2D eigenvalue weighted by Crippen LogP contribution is 2.19. The highest BCUT2D eigenvalue weighted by Gasteiger charge is 2.11. The molecule has 2 aromatic carbocycles. The standard InChI is InChI=1S/C16H13N3O4S/c1-24(21,22)14-4-2-3-13(9-14)18-15(20)11-5-7-12(8-6-11)16-19-17-10-23-16/h2-10H,1H3,(H,18,20). The Kier molecular flexibility index (Phi) is 4.13. The number of nitrogens with zero attached hydrogens (tertiary/aromatic N) is 2. The van der Waals surface area contributed by atoms with Crippen LogP contribution in [0.15, 0.2) is 64.2 Å². The summed E-state index contributed by atoms with van der Waals surface area (Å²) < 4.78 is 28.2. The predicted octanol–water partition coefficient (Wildman–Crippen LogP) is 2.39. The number of carbonyl (C=O) groups excluding carboxylic acids is 1. The van der Waals surface area contributed by atoms with E-state index in [1.807, 2.05) is 0 Å². The maximum Gasteiger partial charge on any atom is 0.255 e. The number of nitrogens with one attached hydrogen (secondary N) is 1. The van der Waals surface area contributed by atoms with Crippen LogP contribution >= 0.6 is 0 Å². The Morgan fingerprint density at radius 2 is 1.88 bits per heavy atom. The lowest BCUT2D eigenvalue weighted by atomic mass is 10.1. The molecule has 0 saturated carbocycles. The van der Waals surface area contributed by atoms with Gasteiger partial charge in [-0.15, -0.1) is 10.2 Å². The van der Waals surface area contributed by atoms with Gasteiger partial charge in [0.1, 0.15) is 0 Å². The smallest absolute Gasteiger partial charge is 0.255 e. The average molecular weight is 343 g/mol. The van der Waals surface area contributed by atoms with Crippen LogP contribution in [0.5, 0.6) is 0 Å². The largest absolute Gasteiger partial charge is 0.423 e. The minimum atomic E-state index is -3.33. The first-order valence-corrected chi connectivity index (χ1v) is 8.81. The second kappa shape index (κ2) is 6.25. The third-order valence-electron chi connectivity index (χ3n) is 3.27. The maximum absolute atomic E-state index is 12.3. The molecule has 0 radical (unpaired) electrons. The summed E-state index contributed by atoms with van der Waals surface area (Å²) in [7, 11) is -3.33. The lowest BCUT2D eigenvalue weighted by Gasteiger charge is -2.07. The fraction of sp³-hybridized carbons (Fsp3) is 0.0625.